The highest BCUT2D eigenvalue weighted by Crippen LogP contribution is 2.37. The summed E-state index contributed by atoms with van der Waals surface area (Å²) in [5, 5.41) is 0.718. The molecule has 1 amide bonds. The van der Waals surface area contributed by atoms with E-state index in [1.54, 1.807) is 7.11 Å². The van der Waals surface area contributed by atoms with Gasteiger partial charge in [0.25, 0.3) is 5.91 Å². The highest BCUT2D eigenvalue weighted by Gasteiger charge is 2.23. The van der Waals surface area contributed by atoms with Crippen LogP contribution in [0.2, 0.25) is 0 Å². The van der Waals surface area contributed by atoms with Crippen LogP contribution in [0, 0.1) is 6.92 Å². The molecule has 0 aromatic heterocycles. The molecular weight excluding hydrogens is 414 g/mol. The second-order valence-corrected chi connectivity index (χ2v) is 7.54. The van der Waals surface area contributed by atoms with E-state index in [2.05, 4.69) is 20.9 Å². The van der Waals surface area contributed by atoms with Crippen LogP contribution >= 0.6 is 27.7 Å². The lowest BCUT2D eigenvalue weighted by molar-refractivity contribution is -0.113. The van der Waals surface area contributed by atoms with Gasteiger partial charge in [-0.05, 0) is 37.6 Å². The number of halogens is 1. The minimum absolute atomic E-state index is 0.230. The van der Waals surface area contributed by atoms with Crippen molar-refractivity contribution in [2.75, 3.05) is 13.7 Å². The molecule has 0 saturated carbocycles. The number of benzene rings is 2. The summed E-state index contributed by atoms with van der Waals surface area (Å²) in [5.41, 5.74) is 2.96. The maximum Gasteiger partial charge on any atom is 0.284 e. The highest BCUT2D eigenvalue weighted by atomic mass is 79.9. The number of aryl methyl sites for hydroxylation is 1. The molecule has 1 aliphatic heterocycles. The van der Waals surface area contributed by atoms with Crippen molar-refractivity contribution in [3.8, 4) is 11.5 Å². The van der Waals surface area contributed by atoms with Crippen molar-refractivity contribution >= 4 is 44.7 Å². The Morgan fingerprint density at radius 1 is 1.19 bits per heavy atom. The fraction of sp³-hybridized carbons (Fsp3) is 0.200. The zero-order chi connectivity index (χ0) is 18.7. The van der Waals surface area contributed by atoms with Crippen molar-refractivity contribution in [3.63, 3.8) is 0 Å². The minimum atomic E-state index is -0.230. The quantitative estimate of drug-likeness (QED) is 0.608. The van der Waals surface area contributed by atoms with Crippen LogP contribution in [0.5, 0.6) is 11.5 Å². The number of amides is 1. The summed E-state index contributed by atoms with van der Waals surface area (Å²) in [7, 11) is 1.60. The highest BCUT2D eigenvalue weighted by molar-refractivity contribution is 9.10. The van der Waals surface area contributed by atoms with Gasteiger partial charge in [-0.3, -0.25) is 4.79 Å². The van der Waals surface area contributed by atoms with Gasteiger partial charge in [-0.1, -0.05) is 57.5 Å². The fourth-order valence-corrected chi connectivity index (χ4v) is 3.81. The Labute approximate surface area is 165 Å². The van der Waals surface area contributed by atoms with E-state index in [0.29, 0.717) is 23.0 Å². The molecule has 0 bridgehead atoms. The first-order chi connectivity index (χ1) is 12.5. The largest absolute Gasteiger partial charge is 0.493 e. The summed E-state index contributed by atoms with van der Waals surface area (Å²) >= 11 is 4.91. The number of carbonyl (C=O) groups is 1. The van der Waals surface area contributed by atoms with Gasteiger partial charge in [0.2, 0.25) is 0 Å². The topological polar surface area (TPSA) is 47.9 Å². The number of thioether (sulfide) groups is 1. The Kier molecular flexibility index (Phi) is 5.84. The van der Waals surface area contributed by atoms with Crippen LogP contribution in [0.1, 0.15) is 23.6 Å². The van der Waals surface area contributed by atoms with E-state index in [0.717, 1.165) is 20.6 Å². The van der Waals surface area contributed by atoms with Crippen molar-refractivity contribution in [1.82, 2.24) is 0 Å². The predicted octanol–water partition coefficient (Wildman–Crippen LogP) is 5.23. The summed E-state index contributed by atoms with van der Waals surface area (Å²) in [6, 6.07) is 11.7. The Morgan fingerprint density at radius 2 is 1.92 bits per heavy atom. The Morgan fingerprint density at radius 3 is 2.58 bits per heavy atom. The predicted molar refractivity (Wildman–Crippen MR) is 110 cm³/mol. The number of rotatable bonds is 5. The van der Waals surface area contributed by atoms with E-state index >= 15 is 0 Å². The van der Waals surface area contributed by atoms with E-state index in [-0.39, 0.29) is 5.91 Å². The molecule has 0 saturated heterocycles. The van der Waals surface area contributed by atoms with Crippen molar-refractivity contribution in [2.45, 2.75) is 13.8 Å². The third-order valence-corrected chi connectivity index (χ3v) is 5.51. The maximum absolute atomic E-state index is 12.3. The summed E-state index contributed by atoms with van der Waals surface area (Å²) in [6.07, 6.45) is 1.82. The molecule has 0 N–H and O–H groups in total. The van der Waals surface area contributed by atoms with Gasteiger partial charge in [0, 0.05) is 10.0 Å². The zero-order valence-corrected chi connectivity index (χ0v) is 17.1. The third kappa shape index (κ3) is 4.02. The van der Waals surface area contributed by atoms with Crippen molar-refractivity contribution in [2.24, 2.45) is 4.99 Å². The van der Waals surface area contributed by atoms with Gasteiger partial charge >= 0.3 is 0 Å². The van der Waals surface area contributed by atoms with Crippen molar-refractivity contribution < 1.29 is 14.3 Å². The van der Waals surface area contributed by atoms with E-state index < -0.39 is 0 Å². The van der Waals surface area contributed by atoms with Gasteiger partial charge in [-0.15, -0.1) is 0 Å². The smallest absolute Gasteiger partial charge is 0.284 e. The molecule has 0 atom stereocenters. The Hall–Kier alpha value is -2.05. The van der Waals surface area contributed by atoms with Gasteiger partial charge < -0.3 is 9.47 Å². The van der Waals surface area contributed by atoms with E-state index in [4.69, 9.17) is 9.47 Å². The molecule has 6 heteroatoms. The molecule has 1 aliphatic rings. The van der Waals surface area contributed by atoms with Crippen molar-refractivity contribution in [3.05, 3.63) is 62.5 Å². The second kappa shape index (κ2) is 8.10. The average Bonchev–Trinajstić information content (AvgIpc) is 2.99. The first-order valence-electron chi connectivity index (χ1n) is 8.11. The zero-order valence-electron chi connectivity index (χ0n) is 14.7. The first-order valence-corrected chi connectivity index (χ1v) is 9.72. The molecule has 0 fully saturated rings. The normalized spacial score (nSPS) is 15.3. The Bertz CT molecular complexity index is 904. The number of nitrogens with zero attached hydrogens (tertiary/aromatic N) is 1. The van der Waals surface area contributed by atoms with Crippen LogP contribution in [-0.4, -0.2) is 24.7 Å². The molecule has 4 nitrogen and oxygen atoms in total. The van der Waals surface area contributed by atoms with Crippen LogP contribution in [0.15, 0.2) is 50.8 Å². The molecule has 1 heterocycles. The van der Waals surface area contributed by atoms with Gasteiger partial charge in [-0.2, -0.15) is 0 Å². The van der Waals surface area contributed by atoms with Crippen LogP contribution < -0.4 is 9.47 Å². The van der Waals surface area contributed by atoms with Crippen LogP contribution in [0.25, 0.3) is 6.08 Å². The first kappa shape index (κ1) is 18.7. The lowest BCUT2D eigenvalue weighted by Crippen LogP contribution is -1.97. The molecule has 0 spiro atoms. The molecular formula is C20H18BrNO3S. The average molecular weight is 432 g/mol. The summed E-state index contributed by atoms with van der Waals surface area (Å²) < 4.78 is 11.8. The monoisotopic (exact) mass is 431 g/mol. The number of carbonyl (C=O) groups excluding carboxylic acids is 1. The lowest BCUT2D eigenvalue weighted by atomic mass is 10.2. The third-order valence-electron chi connectivity index (χ3n) is 3.79. The number of methoxy groups -OCH3 is 1. The molecule has 0 radical (unpaired) electrons. The summed E-state index contributed by atoms with van der Waals surface area (Å²) in [6.45, 7) is 4.47. The summed E-state index contributed by atoms with van der Waals surface area (Å²) in [4.78, 5) is 17.1. The maximum atomic E-state index is 12.3. The standard InChI is InChI=1S/C20H18BrNO3S/c1-4-25-17-9-14(15(21)11-16(17)24-3)10-18-19(23)22-20(26-18)13-7-5-12(2)6-8-13/h5-11H,4H2,1-3H3/b18-10-. The molecule has 2 aromatic carbocycles. The number of aliphatic imine (C=N–C) groups is 1. The van der Waals surface area contributed by atoms with Crippen molar-refractivity contribution in [1.29, 1.82) is 0 Å². The van der Waals surface area contributed by atoms with Crippen LogP contribution in [-0.2, 0) is 4.79 Å². The van der Waals surface area contributed by atoms with E-state index in [9.17, 15) is 4.79 Å². The Balaban J connectivity index is 1.90. The second-order valence-electron chi connectivity index (χ2n) is 5.66. The molecule has 134 valence electrons. The van der Waals surface area contributed by atoms with Gasteiger partial charge in [-0.25, -0.2) is 4.99 Å². The van der Waals surface area contributed by atoms with Gasteiger partial charge in [0.05, 0.1) is 18.6 Å². The van der Waals surface area contributed by atoms with E-state index in [1.807, 2.05) is 56.3 Å². The minimum Gasteiger partial charge on any atom is -0.493 e. The van der Waals surface area contributed by atoms with Crippen LogP contribution in [0.4, 0.5) is 0 Å². The SMILES string of the molecule is CCOc1cc(/C=C2\SC(c3ccc(C)cc3)=NC2=O)c(Br)cc1OC. The molecule has 0 aliphatic carbocycles. The van der Waals surface area contributed by atoms with Gasteiger partial charge in [0.1, 0.15) is 5.04 Å². The molecule has 0 unspecified atom stereocenters. The molecule has 2 aromatic rings. The number of hydrogen-bond acceptors (Lipinski definition) is 4. The lowest BCUT2D eigenvalue weighted by Gasteiger charge is -2.11. The van der Waals surface area contributed by atoms with Gasteiger partial charge in [0.15, 0.2) is 11.5 Å². The van der Waals surface area contributed by atoms with Crippen LogP contribution in [0.3, 0.4) is 0 Å². The fourth-order valence-electron chi connectivity index (χ4n) is 2.46. The molecule has 26 heavy (non-hydrogen) atoms. The number of ether oxygens (including phenoxy) is 2. The van der Waals surface area contributed by atoms with E-state index in [1.165, 1.54) is 17.3 Å². The summed E-state index contributed by atoms with van der Waals surface area (Å²) in [5.74, 6) is 1.05. The number of hydrogen-bond donors (Lipinski definition) is 0. The molecule has 3 rings (SSSR count).